The third kappa shape index (κ3) is 3.20. The highest BCUT2D eigenvalue weighted by Gasteiger charge is 2.23. The zero-order valence-electron chi connectivity index (χ0n) is 16.8. The topological polar surface area (TPSA) is 53.2 Å². The maximum Gasteiger partial charge on any atom is 0.255 e. The average Bonchev–Trinajstić information content (AvgIpc) is 3.20. The average molecular weight is 394 g/mol. The normalized spacial score (nSPS) is 12.9. The highest BCUT2D eigenvalue weighted by molar-refractivity contribution is 5.96. The van der Waals surface area contributed by atoms with Gasteiger partial charge in [-0.2, -0.15) is 0 Å². The van der Waals surface area contributed by atoms with Crippen molar-refractivity contribution in [1.82, 2.24) is 9.88 Å². The van der Waals surface area contributed by atoms with Gasteiger partial charge in [0.25, 0.3) is 5.56 Å². The van der Waals surface area contributed by atoms with Crippen LogP contribution in [0.25, 0.3) is 21.9 Å². The van der Waals surface area contributed by atoms with E-state index in [1.807, 2.05) is 47.4 Å². The van der Waals surface area contributed by atoms with E-state index in [4.69, 9.17) is 0 Å². The maximum absolute atomic E-state index is 12.8. The van der Waals surface area contributed by atoms with Crippen LogP contribution < -0.4 is 5.56 Å². The van der Waals surface area contributed by atoms with Gasteiger partial charge in [0.15, 0.2) is 0 Å². The largest absolute Gasteiger partial charge is 0.334 e. The number of pyridine rings is 1. The van der Waals surface area contributed by atoms with Gasteiger partial charge in [-0.1, -0.05) is 60.7 Å². The molecule has 1 N–H and O–H groups in total. The molecule has 0 fully saturated rings. The minimum atomic E-state index is -0.0826. The number of H-pyrrole nitrogens is 1. The van der Waals surface area contributed by atoms with Gasteiger partial charge in [0.1, 0.15) is 0 Å². The molecule has 0 saturated heterocycles. The van der Waals surface area contributed by atoms with E-state index in [1.54, 1.807) is 6.20 Å². The quantitative estimate of drug-likeness (QED) is 0.553. The second-order valence-electron chi connectivity index (χ2n) is 7.92. The van der Waals surface area contributed by atoms with Gasteiger partial charge in [0.05, 0.1) is 6.42 Å². The summed E-state index contributed by atoms with van der Waals surface area (Å²) in [6.07, 6.45) is 2.17. The number of hydrogen-bond donors (Lipinski definition) is 1. The van der Waals surface area contributed by atoms with Gasteiger partial charge in [0, 0.05) is 30.2 Å². The maximum atomic E-state index is 12.8. The van der Waals surface area contributed by atoms with E-state index < -0.39 is 0 Å². The van der Waals surface area contributed by atoms with Gasteiger partial charge in [-0.3, -0.25) is 9.59 Å². The van der Waals surface area contributed by atoms with Crippen molar-refractivity contribution in [1.29, 1.82) is 0 Å². The number of hydrogen-bond acceptors (Lipinski definition) is 2. The molecule has 3 aromatic carbocycles. The number of benzene rings is 3. The smallest absolute Gasteiger partial charge is 0.255 e. The minimum absolute atomic E-state index is 0.0826. The van der Waals surface area contributed by atoms with Gasteiger partial charge in [-0.05, 0) is 46.2 Å². The monoisotopic (exact) mass is 394 g/mol. The van der Waals surface area contributed by atoms with Gasteiger partial charge >= 0.3 is 0 Å². The van der Waals surface area contributed by atoms with Crippen molar-refractivity contribution in [2.75, 3.05) is 0 Å². The van der Waals surface area contributed by atoms with Crippen LogP contribution in [-0.2, 0) is 24.3 Å². The third-order valence-electron chi connectivity index (χ3n) is 5.94. The van der Waals surface area contributed by atoms with E-state index in [9.17, 15) is 9.59 Å². The number of aromatic amines is 1. The Hall–Kier alpha value is -3.66. The number of amides is 1. The molecule has 5 rings (SSSR count). The van der Waals surface area contributed by atoms with Crippen molar-refractivity contribution < 1.29 is 4.79 Å². The zero-order chi connectivity index (χ0) is 20.7. The van der Waals surface area contributed by atoms with Crippen molar-refractivity contribution in [2.45, 2.75) is 26.4 Å². The summed E-state index contributed by atoms with van der Waals surface area (Å²) in [5.74, 6) is 0.146. The lowest BCUT2D eigenvalue weighted by molar-refractivity contribution is -0.131. The summed E-state index contributed by atoms with van der Waals surface area (Å²) in [6.45, 7) is 3.43. The number of carbonyl (C=O) groups excluding carboxylic acids is 1. The molecule has 0 unspecified atom stereocenters. The summed E-state index contributed by atoms with van der Waals surface area (Å²) in [4.78, 5) is 29.7. The van der Waals surface area contributed by atoms with E-state index >= 15 is 0 Å². The fraction of sp³-hybridized carbons (Fsp3) is 0.154. The molecule has 1 aromatic heterocycles. The van der Waals surface area contributed by atoms with Crippen LogP contribution in [0.2, 0.25) is 0 Å². The first kappa shape index (κ1) is 18.4. The molecule has 1 aliphatic rings. The molecule has 0 aliphatic carbocycles. The predicted octanol–water partition coefficient (Wildman–Crippen LogP) is 4.59. The molecule has 1 aliphatic heterocycles. The van der Waals surface area contributed by atoms with E-state index in [0.29, 0.717) is 24.9 Å². The first-order valence-electron chi connectivity index (χ1n) is 10.1. The highest BCUT2D eigenvalue weighted by atomic mass is 16.2. The molecule has 0 atom stereocenters. The third-order valence-corrected chi connectivity index (χ3v) is 5.94. The van der Waals surface area contributed by atoms with Crippen LogP contribution in [0.3, 0.4) is 0 Å². The molecular formula is C26H22N2O2. The van der Waals surface area contributed by atoms with Crippen LogP contribution in [-0.4, -0.2) is 15.8 Å². The van der Waals surface area contributed by atoms with Crippen molar-refractivity contribution in [3.63, 3.8) is 0 Å². The van der Waals surface area contributed by atoms with Crippen molar-refractivity contribution in [3.05, 3.63) is 106 Å². The predicted molar refractivity (Wildman–Crippen MR) is 119 cm³/mol. The molecule has 2 heterocycles. The number of rotatable bonds is 3. The summed E-state index contributed by atoms with van der Waals surface area (Å²) in [5.41, 5.74) is 6.54. The first-order chi connectivity index (χ1) is 14.6. The van der Waals surface area contributed by atoms with E-state index in [-0.39, 0.29) is 11.5 Å². The zero-order valence-corrected chi connectivity index (χ0v) is 16.8. The fourth-order valence-electron chi connectivity index (χ4n) is 4.37. The number of fused-ring (bicyclic) bond motifs is 2. The summed E-state index contributed by atoms with van der Waals surface area (Å²) in [7, 11) is 0. The van der Waals surface area contributed by atoms with Crippen LogP contribution >= 0.6 is 0 Å². The van der Waals surface area contributed by atoms with Crippen LogP contribution in [0.5, 0.6) is 0 Å². The molecule has 1 amide bonds. The molecule has 4 heteroatoms. The fourth-order valence-corrected chi connectivity index (χ4v) is 4.37. The molecule has 148 valence electrons. The Morgan fingerprint density at radius 1 is 0.900 bits per heavy atom. The molecule has 4 aromatic rings. The van der Waals surface area contributed by atoms with Crippen LogP contribution in [0, 0.1) is 6.92 Å². The van der Waals surface area contributed by atoms with Gasteiger partial charge in [-0.15, -0.1) is 0 Å². The number of carbonyl (C=O) groups is 1. The standard InChI is InChI=1S/C26H22N2O2/c1-17-12-18(13-25(29)28-15-19-6-2-3-7-20(19)16-28)10-11-21(17)24-14-27-26(30)23-9-5-4-8-22(23)24/h2-12,14H,13,15-16H2,1H3,(H,27,30). The summed E-state index contributed by atoms with van der Waals surface area (Å²) in [5, 5.41) is 1.62. The van der Waals surface area contributed by atoms with Crippen molar-refractivity contribution >= 4 is 16.7 Å². The molecule has 0 radical (unpaired) electrons. The van der Waals surface area contributed by atoms with Gasteiger partial charge in [-0.25, -0.2) is 0 Å². The lowest BCUT2D eigenvalue weighted by Gasteiger charge is -2.16. The van der Waals surface area contributed by atoms with E-state index in [1.165, 1.54) is 11.1 Å². The lowest BCUT2D eigenvalue weighted by Crippen LogP contribution is -2.26. The van der Waals surface area contributed by atoms with Crippen LogP contribution in [0.15, 0.2) is 77.7 Å². The first-order valence-corrected chi connectivity index (χ1v) is 10.1. The Kier molecular flexibility index (Phi) is 4.47. The summed E-state index contributed by atoms with van der Waals surface area (Å²) < 4.78 is 0. The Morgan fingerprint density at radius 2 is 1.57 bits per heavy atom. The lowest BCUT2D eigenvalue weighted by atomic mass is 9.95. The second kappa shape index (κ2) is 7.30. The summed E-state index contributed by atoms with van der Waals surface area (Å²) >= 11 is 0. The number of nitrogens with zero attached hydrogens (tertiary/aromatic N) is 1. The molecule has 0 spiro atoms. The van der Waals surface area contributed by atoms with E-state index in [0.717, 1.165) is 27.6 Å². The van der Waals surface area contributed by atoms with E-state index in [2.05, 4.69) is 36.2 Å². The Bertz CT molecular complexity index is 1310. The molecule has 0 bridgehead atoms. The number of nitrogens with one attached hydrogen (secondary N) is 1. The SMILES string of the molecule is Cc1cc(CC(=O)N2Cc3ccccc3C2)ccc1-c1c[nH]c(=O)c2ccccc12. The van der Waals surface area contributed by atoms with Crippen LogP contribution in [0.1, 0.15) is 22.3 Å². The molecule has 30 heavy (non-hydrogen) atoms. The van der Waals surface area contributed by atoms with Gasteiger partial charge in [0.2, 0.25) is 5.91 Å². The van der Waals surface area contributed by atoms with Crippen molar-refractivity contribution in [3.8, 4) is 11.1 Å². The molecular weight excluding hydrogens is 372 g/mol. The Morgan fingerprint density at radius 3 is 2.27 bits per heavy atom. The molecule has 0 saturated carbocycles. The number of aromatic nitrogens is 1. The van der Waals surface area contributed by atoms with Crippen LogP contribution in [0.4, 0.5) is 0 Å². The minimum Gasteiger partial charge on any atom is -0.334 e. The Labute approximate surface area is 174 Å². The second-order valence-corrected chi connectivity index (χ2v) is 7.92. The Balaban J connectivity index is 1.40. The number of aryl methyl sites for hydroxylation is 1. The van der Waals surface area contributed by atoms with Crippen molar-refractivity contribution in [2.24, 2.45) is 0 Å². The summed E-state index contributed by atoms with van der Waals surface area (Å²) in [6, 6.07) is 22.0. The van der Waals surface area contributed by atoms with Gasteiger partial charge < -0.3 is 9.88 Å². The highest BCUT2D eigenvalue weighted by Crippen LogP contribution is 2.30. The molecule has 4 nitrogen and oxygen atoms in total.